The van der Waals surface area contributed by atoms with Gasteiger partial charge in [-0.3, -0.25) is 4.99 Å². The lowest BCUT2D eigenvalue weighted by Gasteiger charge is -2.29. The number of benzene rings is 1. The summed E-state index contributed by atoms with van der Waals surface area (Å²) >= 11 is 0. The number of aliphatic imine (C=N–C) groups is 1. The van der Waals surface area contributed by atoms with Crippen molar-refractivity contribution >= 4 is 5.71 Å². The summed E-state index contributed by atoms with van der Waals surface area (Å²) in [5.74, 6) is 1.46. The van der Waals surface area contributed by atoms with Gasteiger partial charge in [0.25, 0.3) is 0 Å². The molecular formula is C21H31N. The second-order valence-electron chi connectivity index (χ2n) is 8.27. The van der Waals surface area contributed by atoms with Gasteiger partial charge in [0.05, 0.1) is 0 Å². The Balaban J connectivity index is 1.64. The topological polar surface area (TPSA) is 12.4 Å². The van der Waals surface area contributed by atoms with Crippen LogP contribution in [0.5, 0.6) is 0 Å². The molecule has 1 nitrogen and oxygen atoms in total. The van der Waals surface area contributed by atoms with Gasteiger partial charge in [0, 0.05) is 18.2 Å². The number of nitrogens with zero attached hydrogens (tertiary/aromatic N) is 1. The average Bonchev–Trinajstić information content (AvgIpc) is 2.55. The standard InChI is InChI=1S/C21H31N/c1-21(2,3)19-12-9-16(10-13-19)18-11-14-20(22-15-18)17-7-5-4-6-8-17/h9-10,12-13,17-18H,4-8,11,14-15H2,1-3H3. The summed E-state index contributed by atoms with van der Waals surface area (Å²) in [6, 6.07) is 9.31. The second kappa shape index (κ2) is 6.56. The van der Waals surface area contributed by atoms with E-state index in [1.54, 1.807) is 5.71 Å². The third-order valence-corrected chi connectivity index (χ3v) is 5.59. The van der Waals surface area contributed by atoms with Gasteiger partial charge in [0.1, 0.15) is 0 Å². The van der Waals surface area contributed by atoms with Crippen LogP contribution in [0.3, 0.4) is 0 Å². The molecule has 1 heterocycles. The molecule has 3 rings (SSSR count). The lowest BCUT2D eigenvalue weighted by molar-refractivity contribution is 0.427. The first kappa shape index (κ1) is 15.8. The smallest absolute Gasteiger partial charge is 0.0457 e. The van der Waals surface area contributed by atoms with E-state index in [1.807, 2.05) is 0 Å². The van der Waals surface area contributed by atoms with Crippen molar-refractivity contribution in [3.63, 3.8) is 0 Å². The van der Waals surface area contributed by atoms with E-state index in [0.717, 1.165) is 12.5 Å². The first-order chi connectivity index (χ1) is 10.5. The SMILES string of the molecule is CC(C)(C)c1ccc(C2CCC(C3CCCCC3)=NC2)cc1. The molecule has 120 valence electrons. The van der Waals surface area contributed by atoms with E-state index in [9.17, 15) is 0 Å². The molecule has 1 heteroatoms. The molecule has 1 aromatic rings. The highest BCUT2D eigenvalue weighted by Gasteiger charge is 2.24. The fraction of sp³-hybridized carbons (Fsp3) is 0.667. The maximum Gasteiger partial charge on any atom is 0.0457 e. The van der Waals surface area contributed by atoms with Gasteiger partial charge < -0.3 is 0 Å². The van der Waals surface area contributed by atoms with Gasteiger partial charge in [-0.1, -0.05) is 64.3 Å². The minimum atomic E-state index is 0.247. The summed E-state index contributed by atoms with van der Waals surface area (Å²) in [6.45, 7) is 7.86. The molecule has 0 saturated heterocycles. The van der Waals surface area contributed by atoms with Gasteiger partial charge in [-0.2, -0.15) is 0 Å². The van der Waals surface area contributed by atoms with Crippen molar-refractivity contribution < 1.29 is 0 Å². The summed E-state index contributed by atoms with van der Waals surface area (Å²) in [5.41, 5.74) is 4.71. The van der Waals surface area contributed by atoms with Gasteiger partial charge in [-0.05, 0) is 48.1 Å². The van der Waals surface area contributed by atoms with Crippen LogP contribution in [0.4, 0.5) is 0 Å². The number of rotatable bonds is 2. The average molecular weight is 297 g/mol. The van der Waals surface area contributed by atoms with Crippen LogP contribution in [-0.2, 0) is 5.41 Å². The first-order valence-corrected chi connectivity index (χ1v) is 9.18. The van der Waals surface area contributed by atoms with E-state index >= 15 is 0 Å². The summed E-state index contributed by atoms with van der Waals surface area (Å²) < 4.78 is 0. The van der Waals surface area contributed by atoms with Gasteiger partial charge >= 0.3 is 0 Å². The van der Waals surface area contributed by atoms with Gasteiger partial charge in [0.15, 0.2) is 0 Å². The van der Waals surface area contributed by atoms with Gasteiger partial charge in [0.2, 0.25) is 0 Å². The van der Waals surface area contributed by atoms with Crippen molar-refractivity contribution in [2.45, 2.75) is 77.0 Å². The molecule has 1 fully saturated rings. The van der Waals surface area contributed by atoms with E-state index in [-0.39, 0.29) is 5.41 Å². The minimum Gasteiger partial charge on any atom is -0.293 e. The van der Waals surface area contributed by atoms with Crippen molar-refractivity contribution in [3.05, 3.63) is 35.4 Å². The zero-order valence-corrected chi connectivity index (χ0v) is 14.6. The zero-order chi connectivity index (χ0) is 15.6. The maximum absolute atomic E-state index is 5.00. The lowest BCUT2D eigenvalue weighted by atomic mass is 9.80. The third kappa shape index (κ3) is 3.62. The number of hydrogen-bond acceptors (Lipinski definition) is 1. The molecular weight excluding hydrogens is 266 g/mol. The highest BCUT2D eigenvalue weighted by molar-refractivity contribution is 5.87. The highest BCUT2D eigenvalue weighted by atomic mass is 14.8. The quantitative estimate of drug-likeness (QED) is 0.646. The van der Waals surface area contributed by atoms with Crippen LogP contribution in [0, 0.1) is 5.92 Å². The molecule has 0 spiro atoms. The van der Waals surface area contributed by atoms with E-state index in [4.69, 9.17) is 4.99 Å². The normalized spacial score (nSPS) is 24.1. The van der Waals surface area contributed by atoms with Crippen molar-refractivity contribution in [2.75, 3.05) is 6.54 Å². The van der Waals surface area contributed by atoms with Crippen molar-refractivity contribution in [1.82, 2.24) is 0 Å². The molecule has 0 bridgehead atoms. The van der Waals surface area contributed by atoms with Crippen LogP contribution in [0.2, 0.25) is 0 Å². The fourth-order valence-electron chi connectivity index (χ4n) is 4.02. The molecule has 1 atom stereocenters. The molecule has 0 N–H and O–H groups in total. The Labute approximate surface area is 136 Å². The Morgan fingerprint density at radius 1 is 0.864 bits per heavy atom. The summed E-state index contributed by atoms with van der Waals surface area (Å²) in [4.78, 5) is 5.00. The van der Waals surface area contributed by atoms with Crippen molar-refractivity contribution in [3.8, 4) is 0 Å². The van der Waals surface area contributed by atoms with Crippen LogP contribution in [0.15, 0.2) is 29.3 Å². The van der Waals surface area contributed by atoms with Gasteiger partial charge in [-0.15, -0.1) is 0 Å². The maximum atomic E-state index is 5.00. The number of hydrogen-bond donors (Lipinski definition) is 0. The first-order valence-electron chi connectivity index (χ1n) is 9.18. The van der Waals surface area contributed by atoms with E-state index < -0.39 is 0 Å². The van der Waals surface area contributed by atoms with E-state index in [0.29, 0.717) is 5.92 Å². The summed E-state index contributed by atoms with van der Waals surface area (Å²) in [6.07, 6.45) is 9.59. The molecule has 0 aromatic heterocycles. The van der Waals surface area contributed by atoms with E-state index in [2.05, 4.69) is 45.0 Å². The van der Waals surface area contributed by atoms with Crippen molar-refractivity contribution in [1.29, 1.82) is 0 Å². The molecule has 0 amide bonds. The van der Waals surface area contributed by atoms with Crippen LogP contribution in [-0.4, -0.2) is 12.3 Å². The second-order valence-corrected chi connectivity index (χ2v) is 8.27. The third-order valence-electron chi connectivity index (χ3n) is 5.59. The van der Waals surface area contributed by atoms with E-state index in [1.165, 1.54) is 56.1 Å². The highest BCUT2D eigenvalue weighted by Crippen LogP contribution is 2.33. The lowest BCUT2D eigenvalue weighted by Crippen LogP contribution is -2.23. The molecule has 0 radical (unpaired) electrons. The Hall–Kier alpha value is -1.11. The minimum absolute atomic E-state index is 0.247. The molecule has 1 aliphatic carbocycles. The molecule has 2 aliphatic rings. The zero-order valence-electron chi connectivity index (χ0n) is 14.6. The van der Waals surface area contributed by atoms with Crippen molar-refractivity contribution in [2.24, 2.45) is 10.9 Å². The summed E-state index contributed by atoms with van der Waals surface area (Å²) in [7, 11) is 0. The molecule has 1 unspecified atom stereocenters. The van der Waals surface area contributed by atoms with Crippen LogP contribution < -0.4 is 0 Å². The fourth-order valence-corrected chi connectivity index (χ4v) is 4.02. The predicted octanol–water partition coefficient (Wildman–Crippen LogP) is 5.88. The summed E-state index contributed by atoms with van der Waals surface area (Å²) in [5, 5.41) is 0. The van der Waals surface area contributed by atoms with Gasteiger partial charge in [-0.25, -0.2) is 0 Å². The Morgan fingerprint density at radius 2 is 1.55 bits per heavy atom. The molecule has 1 aromatic carbocycles. The Bertz CT molecular complexity index is 512. The molecule has 22 heavy (non-hydrogen) atoms. The van der Waals surface area contributed by atoms with Crippen LogP contribution in [0.25, 0.3) is 0 Å². The Morgan fingerprint density at radius 3 is 2.09 bits per heavy atom. The predicted molar refractivity (Wildman–Crippen MR) is 96.0 cm³/mol. The largest absolute Gasteiger partial charge is 0.293 e. The van der Waals surface area contributed by atoms with Crippen LogP contribution >= 0.6 is 0 Å². The monoisotopic (exact) mass is 297 g/mol. The Kier molecular flexibility index (Phi) is 4.70. The molecule has 1 saturated carbocycles. The molecule has 1 aliphatic heterocycles. The van der Waals surface area contributed by atoms with Crippen LogP contribution in [0.1, 0.15) is 82.8 Å².